The van der Waals surface area contributed by atoms with E-state index < -0.39 is 11.0 Å². The van der Waals surface area contributed by atoms with Crippen LogP contribution in [0.4, 0.5) is 0 Å². The van der Waals surface area contributed by atoms with Crippen LogP contribution in [-0.2, 0) is 11.0 Å². The monoisotopic (exact) mass is 181 g/mol. The quantitative estimate of drug-likeness (QED) is 0.639. The van der Waals surface area contributed by atoms with Crippen LogP contribution < -0.4 is 0 Å². The summed E-state index contributed by atoms with van der Waals surface area (Å²) in [5.74, 6) is 0. The second-order valence-corrected chi connectivity index (χ2v) is 3.50. The Bertz CT molecular complexity index is 306. The molecule has 2 nitrogen and oxygen atoms in total. The molecule has 0 fully saturated rings. The van der Waals surface area contributed by atoms with Crippen LogP contribution in [0.5, 0.6) is 0 Å². The zero-order valence-corrected chi connectivity index (χ0v) is 7.97. The molecular weight excluding hydrogens is 170 g/mol. The minimum atomic E-state index is -1.11. The molecule has 1 atom stereocenters. The fraction of sp³-hybridized carbons (Fsp3) is 0.222. The molecule has 0 spiro atoms. The minimum Gasteiger partial charge on any atom is -0.235 e. The fourth-order valence-electron chi connectivity index (χ4n) is 0.925. The van der Waals surface area contributed by atoms with E-state index in [2.05, 4.69) is 4.40 Å². The molecule has 0 aliphatic carbocycles. The van der Waals surface area contributed by atoms with Crippen molar-refractivity contribution < 1.29 is 4.21 Å². The third kappa shape index (κ3) is 2.58. The van der Waals surface area contributed by atoms with E-state index in [0.29, 0.717) is 0 Å². The summed E-state index contributed by atoms with van der Waals surface area (Å²) in [6, 6.07) is 9.72. The molecule has 1 rings (SSSR count). The first-order valence-corrected chi connectivity index (χ1v) is 5.16. The van der Waals surface area contributed by atoms with Crippen LogP contribution in [0.3, 0.4) is 0 Å². The maximum absolute atomic E-state index is 10.8. The van der Waals surface area contributed by atoms with Gasteiger partial charge in [0.05, 0.1) is 5.71 Å². The van der Waals surface area contributed by atoms with Crippen molar-refractivity contribution in [2.45, 2.75) is 6.92 Å². The summed E-state index contributed by atoms with van der Waals surface area (Å²) in [6.45, 7) is 1.86. The van der Waals surface area contributed by atoms with Crippen molar-refractivity contribution in [3.05, 3.63) is 35.9 Å². The Morgan fingerprint density at radius 3 is 2.42 bits per heavy atom. The second kappa shape index (κ2) is 4.16. The molecule has 12 heavy (non-hydrogen) atoms. The Morgan fingerprint density at radius 2 is 1.92 bits per heavy atom. The van der Waals surface area contributed by atoms with Crippen LogP contribution in [0, 0.1) is 0 Å². The van der Waals surface area contributed by atoms with Crippen LogP contribution in [0.25, 0.3) is 0 Å². The first kappa shape index (κ1) is 9.13. The van der Waals surface area contributed by atoms with Gasteiger partial charge in [0.2, 0.25) is 0 Å². The molecule has 0 heterocycles. The van der Waals surface area contributed by atoms with Crippen LogP contribution in [0.15, 0.2) is 34.7 Å². The van der Waals surface area contributed by atoms with Crippen molar-refractivity contribution in [1.82, 2.24) is 0 Å². The molecular formula is C9H11NOS. The third-order valence-corrected chi connectivity index (χ3v) is 1.99. The molecule has 0 amide bonds. The molecule has 0 unspecified atom stereocenters. The Morgan fingerprint density at radius 1 is 1.33 bits per heavy atom. The van der Waals surface area contributed by atoms with Gasteiger partial charge in [-0.2, -0.15) is 4.40 Å². The first-order chi connectivity index (χ1) is 5.70. The van der Waals surface area contributed by atoms with Gasteiger partial charge in [-0.1, -0.05) is 30.3 Å². The van der Waals surface area contributed by atoms with Crippen molar-refractivity contribution in [3.63, 3.8) is 0 Å². The van der Waals surface area contributed by atoms with Crippen LogP contribution in [0.2, 0.25) is 0 Å². The maximum Gasteiger partial charge on any atom is 0.136 e. The van der Waals surface area contributed by atoms with E-state index in [1.807, 2.05) is 37.3 Å². The Hall–Kier alpha value is -0.960. The van der Waals surface area contributed by atoms with E-state index in [1.54, 1.807) is 6.26 Å². The van der Waals surface area contributed by atoms with E-state index in [4.69, 9.17) is 0 Å². The second-order valence-electron chi connectivity index (χ2n) is 2.47. The lowest BCUT2D eigenvalue weighted by Crippen LogP contribution is -1.95. The predicted octanol–water partition coefficient (Wildman–Crippen LogP) is 1.79. The van der Waals surface area contributed by atoms with Gasteiger partial charge in [0.1, 0.15) is 11.0 Å². The Kier molecular flexibility index (Phi) is 3.17. The zero-order valence-electron chi connectivity index (χ0n) is 7.15. The number of nitrogens with zero attached hydrogens (tertiary/aromatic N) is 1. The minimum absolute atomic E-state index is 0.816. The molecule has 0 saturated heterocycles. The van der Waals surface area contributed by atoms with Crippen molar-refractivity contribution in [2.24, 2.45) is 4.40 Å². The van der Waals surface area contributed by atoms with Crippen LogP contribution in [0.1, 0.15) is 12.5 Å². The van der Waals surface area contributed by atoms with E-state index >= 15 is 0 Å². The van der Waals surface area contributed by atoms with E-state index in [9.17, 15) is 4.21 Å². The molecule has 0 radical (unpaired) electrons. The Labute approximate surface area is 74.9 Å². The molecule has 0 bridgehead atoms. The number of hydrogen-bond donors (Lipinski definition) is 0. The first-order valence-electron chi connectivity index (χ1n) is 3.64. The summed E-state index contributed by atoms with van der Waals surface area (Å²) in [4.78, 5) is 0. The Balaban J connectivity index is 2.93. The molecule has 3 heteroatoms. The van der Waals surface area contributed by atoms with Crippen molar-refractivity contribution in [3.8, 4) is 0 Å². The van der Waals surface area contributed by atoms with Crippen molar-refractivity contribution in [1.29, 1.82) is 0 Å². The lowest BCUT2D eigenvalue weighted by Gasteiger charge is -1.97. The summed E-state index contributed by atoms with van der Waals surface area (Å²) < 4.78 is 14.7. The largest absolute Gasteiger partial charge is 0.235 e. The van der Waals surface area contributed by atoms with Gasteiger partial charge in [-0.25, -0.2) is 4.21 Å². The SMILES string of the molecule is CC(=N[S@](C)=O)c1ccccc1. The predicted molar refractivity (Wildman–Crippen MR) is 52.7 cm³/mol. The van der Waals surface area contributed by atoms with Gasteiger partial charge in [-0.3, -0.25) is 0 Å². The van der Waals surface area contributed by atoms with Crippen LogP contribution >= 0.6 is 0 Å². The maximum atomic E-state index is 10.8. The van der Waals surface area contributed by atoms with Gasteiger partial charge >= 0.3 is 0 Å². The molecule has 0 aliphatic heterocycles. The summed E-state index contributed by atoms with van der Waals surface area (Å²) in [6.07, 6.45) is 1.56. The highest BCUT2D eigenvalue weighted by Crippen LogP contribution is 2.00. The lowest BCUT2D eigenvalue weighted by molar-refractivity contribution is 0.688. The highest BCUT2D eigenvalue weighted by Gasteiger charge is 1.95. The van der Waals surface area contributed by atoms with E-state index in [1.165, 1.54) is 0 Å². The highest BCUT2D eigenvalue weighted by molar-refractivity contribution is 7.83. The van der Waals surface area contributed by atoms with Gasteiger partial charge in [0, 0.05) is 6.26 Å². The van der Waals surface area contributed by atoms with Crippen molar-refractivity contribution >= 4 is 16.7 Å². The van der Waals surface area contributed by atoms with Gasteiger partial charge in [0.25, 0.3) is 0 Å². The standard InChI is InChI=1S/C9H11NOS/c1-8(10-12(2)11)9-6-4-3-5-7-9/h3-7H,1-2H3/t12-/m0/s1. The smallest absolute Gasteiger partial charge is 0.136 e. The van der Waals surface area contributed by atoms with E-state index in [0.717, 1.165) is 11.3 Å². The van der Waals surface area contributed by atoms with Crippen LogP contribution in [-0.4, -0.2) is 16.2 Å². The average Bonchev–Trinajstić information content (AvgIpc) is 2.05. The number of benzene rings is 1. The molecule has 1 aromatic carbocycles. The number of rotatable bonds is 2. The summed E-state index contributed by atoms with van der Waals surface area (Å²) in [7, 11) is -1.11. The average molecular weight is 181 g/mol. The van der Waals surface area contributed by atoms with Gasteiger partial charge in [-0.05, 0) is 12.5 Å². The summed E-state index contributed by atoms with van der Waals surface area (Å²) >= 11 is 0. The fourth-order valence-corrected chi connectivity index (χ4v) is 1.42. The molecule has 0 N–H and O–H groups in total. The normalized spacial score (nSPS) is 14.3. The summed E-state index contributed by atoms with van der Waals surface area (Å²) in [5, 5.41) is 0. The van der Waals surface area contributed by atoms with Gasteiger partial charge < -0.3 is 0 Å². The molecule has 0 saturated carbocycles. The van der Waals surface area contributed by atoms with Gasteiger partial charge in [-0.15, -0.1) is 0 Å². The molecule has 0 aromatic heterocycles. The topological polar surface area (TPSA) is 29.4 Å². The highest BCUT2D eigenvalue weighted by atomic mass is 32.2. The zero-order chi connectivity index (χ0) is 8.97. The lowest BCUT2D eigenvalue weighted by atomic mass is 10.1. The van der Waals surface area contributed by atoms with Crippen molar-refractivity contribution in [2.75, 3.05) is 6.26 Å². The number of hydrogen-bond acceptors (Lipinski definition) is 1. The molecule has 1 aromatic rings. The van der Waals surface area contributed by atoms with Gasteiger partial charge in [0.15, 0.2) is 0 Å². The molecule has 64 valence electrons. The molecule has 0 aliphatic rings. The summed E-state index contributed by atoms with van der Waals surface area (Å²) in [5.41, 5.74) is 1.84. The van der Waals surface area contributed by atoms with E-state index in [-0.39, 0.29) is 0 Å². The third-order valence-electron chi connectivity index (χ3n) is 1.46.